The number of rotatable bonds is 6. The molecule has 0 bridgehead atoms. The standard InChI is InChI=1S/C12H24N2O2/c1-3-5-9-14(8-4-2)12(16)11-10(15)6-7-13-11/h10-11,13,15H,3-9H2,1-2H3/t10?,11-/m0/s1. The predicted octanol–water partition coefficient (Wildman–Crippen LogP) is 0.748. The van der Waals surface area contributed by atoms with Gasteiger partial charge in [0.25, 0.3) is 0 Å². The lowest BCUT2D eigenvalue weighted by atomic mass is 10.1. The van der Waals surface area contributed by atoms with E-state index < -0.39 is 6.10 Å². The van der Waals surface area contributed by atoms with Gasteiger partial charge in [-0.15, -0.1) is 0 Å². The van der Waals surface area contributed by atoms with Crippen molar-refractivity contribution in [1.82, 2.24) is 10.2 Å². The monoisotopic (exact) mass is 228 g/mol. The summed E-state index contributed by atoms with van der Waals surface area (Å²) in [4.78, 5) is 14.0. The molecule has 4 nitrogen and oxygen atoms in total. The Labute approximate surface area is 98.0 Å². The summed E-state index contributed by atoms with van der Waals surface area (Å²) in [5.74, 6) is 0.0697. The van der Waals surface area contributed by atoms with E-state index in [4.69, 9.17) is 0 Å². The number of hydrogen-bond acceptors (Lipinski definition) is 3. The van der Waals surface area contributed by atoms with Gasteiger partial charge in [0.05, 0.1) is 6.10 Å². The van der Waals surface area contributed by atoms with Crippen LogP contribution in [0.25, 0.3) is 0 Å². The zero-order valence-corrected chi connectivity index (χ0v) is 10.4. The van der Waals surface area contributed by atoms with Crippen molar-refractivity contribution in [2.45, 2.75) is 51.7 Å². The van der Waals surface area contributed by atoms with Gasteiger partial charge in [-0.05, 0) is 25.8 Å². The maximum absolute atomic E-state index is 12.2. The highest BCUT2D eigenvalue weighted by molar-refractivity contribution is 5.82. The molecule has 1 aliphatic heterocycles. The molecule has 1 saturated heterocycles. The van der Waals surface area contributed by atoms with Crippen LogP contribution in [0.4, 0.5) is 0 Å². The Hall–Kier alpha value is -0.610. The van der Waals surface area contributed by atoms with Gasteiger partial charge in [0.1, 0.15) is 6.04 Å². The van der Waals surface area contributed by atoms with Crippen LogP contribution in [0, 0.1) is 0 Å². The zero-order chi connectivity index (χ0) is 12.0. The van der Waals surface area contributed by atoms with Gasteiger partial charge in [-0.2, -0.15) is 0 Å². The van der Waals surface area contributed by atoms with Crippen LogP contribution in [0.15, 0.2) is 0 Å². The molecule has 0 aromatic heterocycles. The van der Waals surface area contributed by atoms with E-state index in [1.807, 2.05) is 4.90 Å². The molecule has 94 valence electrons. The third-order valence-electron chi connectivity index (χ3n) is 3.04. The molecule has 1 fully saturated rings. The molecule has 2 N–H and O–H groups in total. The second-order valence-corrected chi connectivity index (χ2v) is 4.47. The van der Waals surface area contributed by atoms with Crippen molar-refractivity contribution in [3.05, 3.63) is 0 Å². The largest absolute Gasteiger partial charge is 0.391 e. The molecule has 0 aliphatic carbocycles. The Bertz CT molecular complexity index is 221. The normalized spacial score (nSPS) is 24.7. The lowest BCUT2D eigenvalue weighted by Gasteiger charge is -2.26. The number of aliphatic hydroxyl groups excluding tert-OH is 1. The van der Waals surface area contributed by atoms with E-state index >= 15 is 0 Å². The van der Waals surface area contributed by atoms with Crippen molar-refractivity contribution in [1.29, 1.82) is 0 Å². The zero-order valence-electron chi connectivity index (χ0n) is 10.4. The number of aliphatic hydroxyl groups is 1. The van der Waals surface area contributed by atoms with Crippen molar-refractivity contribution in [2.24, 2.45) is 0 Å². The molecule has 1 unspecified atom stereocenters. The van der Waals surface area contributed by atoms with E-state index in [1.165, 1.54) is 0 Å². The smallest absolute Gasteiger partial charge is 0.242 e. The predicted molar refractivity (Wildman–Crippen MR) is 64.2 cm³/mol. The summed E-state index contributed by atoms with van der Waals surface area (Å²) >= 11 is 0. The molecular weight excluding hydrogens is 204 g/mol. The fraction of sp³-hybridized carbons (Fsp3) is 0.917. The first-order chi connectivity index (χ1) is 7.70. The average Bonchev–Trinajstić information content (AvgIpc) is 2.69. The van der Waals surface area contributed by atoms with Crippen LogP contribution in [0.3, 0.4) is 0 Å². The molecule has 0 spiro atoms. The van der Waals surface area contributed by atoms with Gasteiger partial charge in [-0.1, -0.05) is 20.3 Å². The van der Waals surface area contributed by atoms with Crippen LogP contribution in [0.1, 0.15) is 39.5 Å². The van der Waals surface area contributed by atoms with Gasteiger partial charge in [0, 0.05) is 13.1 Å². The van der Waals surface area contributed by atoms with E-state index in [9.17, 15) is 9.90 Å². The highest BCUT2D eigenvalue weighted by Crippen LogP contribution is 2.11. The van der Waals surface area contributed by atoms with Crippen LogP contribution in [-0.2, 0) is 4.79 Å². The summed E-state index contributed by atoms with van der Waals surface area (Å²) in [5, 5.41) is 12.8. The minimum absolute atomic E-state index is 0.0697. The Morgan fingerprint density at radius 2 is 2.12 bits per heavy atom. The third kappa shape index (κ3) is 3.46. The van der Waals surface area contributed by atoms with Gasteiger partial charge in [0.15, 0.2) is 0 Å². The lowest BCUT2D eigenvalue weighted by Crippen LogP contribution is -2.48. The Morgan fingerprint density at radius 1 is 1.38 bits per heavy atom. The van der Waals surface area contributed by atoms with Gasteiger partial charge >= 0.3 is 0 Å². The molecule has 0 saturated carbocycles. The van der Waals surface area contributed by atoms with Crippen molar-refractivity contribution in [2.75, 3.05) is 19.6 Å². The highest BCUT2D eigenvalue weighted by atomic mass is 16.3. The number of carbonyl (C=O) groups excluding carboxylic acids is 1. The first-order valence-electron chi connectivity index (χ1n) is 6.41. The number of nitrogens with one attached hydrogen (secondary N) is 1. The summed E-state index contributed by atoms with van der Waals surface area (Å²) in [6.07, 6.45) is 3.28. The minimum atomic E-state index is -0.506. The van der Waals surface area contributed by atoms with Crippen LogP contribution in [0.5, 0.6) is 0 Å². The third-order valence-corrected chi connectivity index (χ3v) is 3.04. The van der Waals surface area contributed by atoms with E-state index in [0.717, 1.165) is 38.9 Å². The molecule has 1 amide bonds. The number of nitrogens with zero attached hydrogens (tertiary/aromatic N) is 1. The van der Waals surface area contributed by atoms with Crippen LogP contribution < -0.4 is 5.32 Å². The number of amides is 1. The molecule has 0 aromatic carbocycles. The second kappa shape index (κ2) is 6.86. The average molecular weight is 228 g/mol. The summed E-state index contributed by atoms with van der Waals surface area (Å²) in [6.45, 7) is 6.55. The molecule has 2 atom stereocenters. The van der Waals surface area contributed by atoms with E-state index in [1.54, 1.807) is 0 Å². The summed E-state index contributed by atoms with van der Waals surface area (Å²) in [6, 6.07) is -0.372. The van der Waals surface area contributed by atoms with Crippen molar-refractivity contribution >= 4 is 5.91 Å². The first kappa shape index (κ1) is 13.5. The second-order valence-electron chi connectivity index (χ2n) is 4.47. The fourth-order valence-electron chi connectivity index (χ4n) is 2.09. The summed E-state index contributed by atoms with van der Waals surface area (Å²) < 4.78 is 0. The molecule has 0 aromatic rings. The van der Waals surface area contributed by atoms with E-state index in [2.05, 4.69) is 19.2 Å². The van der Waals surface area contributed by atoms with Gasteiger partial charge in [0.2, 0.25) is 5.91 Å². The van der Waals surface area contributed by atoms with Crippen LogP contribution in [0.2, 0.25) is 0 Å². The van der Waals surface area contributed by atoms with E-state index in [0.29, 0.717) is 6.42 Å². The maximum atomic E-state index is 12.2. The van der Waals surface area contributed by atoms with Gasteiger partial charge in [-0.3, -0.25) is 4.79 Å². The molecule has 1 rings (SSSR count). The summed E-state index contributed by atoms with van der Waals surface area (Å²) in [7, 11) is 0. The number of hydrogen-bond donors (Lipinski definition) is 2. The van der Waals surface area contributed by atoms with Crippen molar-refractivity contribution in [3.63, 3.8) is 0 Å². The lowest BCUT2D eigenvalue weighted by molar-refractivity contribution is -0.135. The first-order valence-corrected chi connectivity index (χ1v) is 6.41. The highest BCUT2D eigenvalue weighted by Gasteiger charge is 2.33. The summed E-state index contributed by atoms with van der Waals surface area (Å²) in [5.41, 5.74) is 0. The fourth-order valence-corrected chi connectivity index (χ4v) is 2.09. The Balaban J connectivity index is 2.51. The van der Waals surface area contributed by atoms with Gasteiger partial charge in [-0.25, -0.2) is 0 Å². The maximum Gasteiger partial charge on any atom is 0.242 e. The van der Waals surface area contributed by atoms with Crippen LogP contribution in [-0.4, -0.2) is 47.7 Å². The molecule has 1 heterocycles. The minimum Gasteiger partial charge on any atom is -0.391 e. The molecular formula is C12H24N2O2. The van der Waals surface area contributed by atoms with Gasteiger partial charge < -0.3 is 15.3 Å². The molecule has 4 heteroatoms. The van der Waals surface area contributed by atoms with E-state index in [-0.39, 0.29) is 11.9 Å². The topological polar surface area (TPSA) is 52.6 Å². The molecule has 16 heavy (non-hydrogen) atoms. The van der Waals surface area contributed by atoms with Crippen molar-refractivity contribution < 1.29 is 9.90 Å². The Kier molecular flexibility index (Phi) is 5.77. The molecule has 1 aliphatic rings. The number of carbonyl (C=O) groups is 1. The Morgan fingerprint density at radius 3 is 2.62 bits per heavy atom. The quantitative estimate of drug-likeness (QED) is 0.705. The SMILES string of the molecule is CCCCN(CCC)C(=O)[C@H]1NCCC1O. The van der Waals surface area contributed by atoms with Crippen LogP contribution >= 0.6 is 0 Å². The van der Waals surface area contributed by atoms with Crippen molar-refractivity contribution in [3.8, 4) is 0 Å². The molecule has 0 radical (unpaired) electrons. The number of unbranched alkanes of at least 4 members (excludes halogenated alkanes) is 1.